The van der Waals surface area contributed by atoms with E-state index in [0.29, 0.717) is 24.1 Å². The maximum atomic E-state index is 12.0. The summed E-state index contributed by atoms with van der Waals surface area (Å²) >= 11 is 2.92. The molecule has 2 rings (SSSR count). The molecular weight excluding hydrogens is 364 g/mol. The predicted molar refractivity (Wildman–Crippen MR) is 111 cm³/mol. The molecule has 0 unspecified atom stereocenters. The summed E-state index contributed by atoms with van der Waals surface area (Å²) in [6.07, 6.45) is 0.844. The van der Waals surface area contributed by atoms with Gasteiger partial charge < -0.3 is 10.6 Å². The Morgan fingerprint density at radius 3 is 2.54 bits per heavy atom. The topological polar surface area (TPSA) is 66.9 Å². The van der Waals surface area contributed by atoms with Gasteiger partial charge in [0.1, 0.15) is 0 Å². The van der Waals surface area contributed by atoms with Crippen molar-refractivity contribution in [1.82, 2.24) is 15.5 Å². The van der Waals surface area contributed by atoms with Crippen molar-refractivity contribution in [2.45, 2.75) is 44.4 Å². The third kappa shape index (κ3) is 7.33. The molecule has 0 aliphatic heterocycles. The van der Waals surface area contributed by atoms with Gasteiger partial charge in [0.15, 0.2) is 4.34 Å². The zero-order valence-electron chi connectivity index (χ0n) is 15.9. The lowest BCUT2D eigenvalue weighted by atomic mass is 10.0. The van der Waals surface area contributed by atoms with Crippen LogP contribution in [0.4, 0.5) is 5.13 Å². The maximum absolute atomic E-state index is 12.0. The van der Waals surface area contributed by atoms with Crippen molar-refractivity contribution in [1.29, 1.82) is 0 Å². The van der Waals surface area contributed by atoms with Gasteiger partial charge in [0, 0.05) is 13.1 Å². The Bertz CT molecular complexity index is 683. The third-order valence-electron chi connectivity index (χ3n) is 3.78. The van der Waals surface area contributed by atoms with E-state index in [4.69, 9.17) is 0 Å². The number of thioether (sulfide) groups is 1. The molecule has 26 heavy (non-hydrogen) atoms. The highest BCUT2D eigenvalue weighted by molar-refractivity contribution is 8.01. The van der Waals surface area contributed by atoms with Gasteiger partial charge in [-0.2, -0.15) is 0 Å². The molecule has 1 aromatic carbocycles. The molecule has 0 radical (unpaired) electrons. The number of carbonyl (C=O) groups is 1. The zero-order valence-corrected chi connectivity index (χ0v) is 17.5. The number of benzene rings is 1. The second-order valence-electron chi connectivity index (χ2n) is 6.93. The van der Waals surface area contributed by atoms with E-state index < -0.39 is 0 Å². The number of anilines is 1. The fourth-order valence-corrected chi connectivity index (χ4v) is 3.81. The van der Waals surface area contributed by atoms with Gasteiger partial charge in [0.2, 0.25) is 11.0 Å². The number of carbonyl (C=O) groups excluding carboxylic acids is 1. The van der Waals surface area contributed by atoms with Crippen molar-refractivity contribution in [2.24, 2.45) is 5.92 Å². The number of amides is 1. The van der Waals surface area contributed by atoms with Crippen LogP contribution in [-0.2, 0) is 11.2 Å². The van der Waals surface area contributed by atoms with Crippen LogP contribution < -0.4 is 10.6 Å². The Labute approximate surface area is 164 Å². The minimum atomic E-state index is 0.0284. The molecule has 142 valence electrons. The van der Waals surface area contributed by atoms with Crippen LogP contribution in [0.3, 0.4) is 0 Å². The van der Waals surface area contributed by atoms with Crippen molar-refractivity contribution >= 4 is 34.1 Å². The van der Waals surface area contributed by atoms with E-state index in [1.165, 1.54) is 34.2 Å². The molecule has 1 heterocycles. The van der Waals surface area contributed by atoms with Gasteiger partial charge in [-0.15, -0.1) is 10.2 Å². The smallest absolute Gasteiger partial charge is 0.230 e. The number of hydrogen-bond donors (Lipinski definition) is 2. The van der Waals surface area contributed by atoms with Crippen LogP contribution in [0.2, 0.25) is 0 Å². The molecule has 0 atom stereocenters. The van der Waals surface area contributed by atoms with Gasteiger partial charge in [0.05, 0.1) is 5.75 Å². The largest absolute Gasteiger partial charge is 0.360 e. The lowest BCUT2D eigenvalue weighted by Crippen LogP contribution is -2.27. The molecule has 0 saturated carbocycles. The average molecular weight is 393 g/mol. The van der Waals surface area contributed by atoms with E-state index in [9.17, 15) is 4.79 Å². The summed E-state index contributed by atoms with van der Waals surface area (Å²) in [5.74, 6) is 1.50. The van der Waals surface area contributed by atoms with Gasteiger partial charge in [0.25, 0.3) is 0 Å². The zero-order chi connectivity index (χ0) is 18.9. The van der Waals surface area contributed by atoms with Gasteiger partial charge >= 0.3 is 0 Å². The van der Waals surface area contributed by atoms with Crippen LogP contribution in [-0.4, -0.2) is 34.9 Å². The Hall–Kier alpha value is -1.60. The molecule has 0 aliphatic rings. The molecule has 0 aliphatic carbocycles. The second kappa shape index (κ2) is 10.5. The summed E-state index contributed by atoms with van der Waals surface area (Å²) in [4.78, 5) is 12.0. The first-order valence-corrected chi connectivity index (χ1v) is 10.8. The first-order valence-electron chi connectivity index (χ1n) is 8.99. The highest BCUT2D eigenvalue weighted by Gasteiger charge is 2.08. The first kappa shape index (κ1) is 20.7. The van der Waals surface area contributed by atoms with Crippen LogP contribution in [0, 0.1) is 5.92 Å². The van der Waals surface area contributed by atoms with Gasteiger partial charge in [-0.3, -0.25) is 4.79 Å². The molecule has 5 nitrogen and oxygen atoms in total. The number of aromatic nitrogens is 2. The van der Waals surface area contributed by atoms with Crippen LogP contribution >= 0.6 is 23.1 Å². The van der Waals surface area contributed by atoms with Crippen molar-refractivity contribution < 1.29 is 4.79 Å². The highest BCUT2D eigenvalue weighted by atomic mass is 32.2. The molecule has 0 bridgehead atoms. The summed E-state index contributed by atoms with van der Waals surface area (Å²) in [5, 5.41) is 15.2. The summed E-state index contributed by atoms with van der Waals surface area (Å²) in [5.41, 5.74) is 2.58. The first-order chi connectivity index (χ1) is 12.4. The molecule has 0 spiro atoms. The quantitative estimate of drug-likeness (QED) is 0.594. The van der Waals surface area contributed by atoms with E-state index in [1.54, 1.807) is 0 Å². The molecule has 0 fully saturated rings. The molecular formula is C19H28N4OS2. The number of nitrogens with zero attached hydrogens (tertiary/aromatic N) is 2. The van der Waals surface area contributed by atoms with Crippen molar-refractivity contribution in [3.05, 3.63) is 35.4 Å². The average Bonchev–Trinajstić information content (AvgIpc) is 3.06. The highest BCUT2D eigenvalue weighted by Crippen LogP contribution is 2.25. The number of rotatable bonds is 10. The predicted octanol–water partition coefficient (Wildman–Crippen LogP) is 4.18. The minimum Gasteiger partial charge on any atom is -0.360 e. The van der Waals surface area contributed by atoms with E-state index in [1.807, 2.05) is 0 Å². The summed E-state index contributed by atoms with van der Waals surface area (Å²) in [6, 6.07) is 8.61. The Morgan fingerprint density at radius 1 is 1.15 bits per heavy atom. The fraction of sp³-hybridized carbons (Fsp3) is 0.526. The van der Waals surface area contributed by atoms with E-state index in [2.05, 4.69) is 72.8 Å². The lowest BCUT2D eigenvalue weighted by Gasteiger charge is -2.07. The number of hydrogen-bond acceptors (Lipinski definition) is 6. The number of nitrogens with one attached hydrogen (secondary N) is 2. The standard InChI is InChI=1S/C19H28N4OS2/c1-13(2)11-21-18-22-23-19(26-18)25-12-17(24)20-10-9-15-5-7-16(8-6-15)14(3)4/h5-8,13-14H,9-12H2,1-4H3,(H,20,24)(H,21,22). The fourth-order valence-electron chi connectivity index (χ4n) is 2.22. The normalized spacial score (nSPS) is 11.2. The molecule has 1 amide bonds. The van der Waals surface area contributed by atoms with Gasteiger partial charge in [-0.1, -0.05) is 75.1 Å². The Kier molecular flexibility index (Phi) is 8.38. The summed E-state index contributed by atoms with van der Waals surface area (Å²) in [7, 11) is 0. The monoisotopic (exact) mass is 392 g/mol. The molecule has 2 aromatic rings. The van der Waals surface area contributed by atoms with Crippen LogP contribution in [0.1, 0.15) is 44.7 Å². The van der Waals surface area contributed by atoms with Crippen molar-refractivity contribution in [2.75, 3.05) is 24.2 Å². The summed E-state index contributed by atoms with van der Waals surface area (Å²) < 4.78 is 0.815. The van der Waals surface area contributed by atoms with Crippen molar-refractivity contribution in [3.63, 3.8) is 0 Å². The van der Waals surface area contributed by atoms with Gasteiger partial charge in [-0.25, -0.2) is 0 Å². The van der Waals surface area contributed by atoms with Crippen LogP contribution in [0.15, 0.2) is 28.6 Å². The van der Waals surface area contributed by atoms with Crippen molar-refractivity contribution in [3.8, 4) is 0 Å². The Balaban J connectivity index is 1.66. The molecule has 7 heteroatoms. The Morgan fingerprint density at radius 2 is 1.88 bits per heavy atom. The van der Waals surface area contributed by atoms with Crippen LogP contribution in [0.5, 0.6) is 0 Å². The molecule has 0 saturated heterocycles. The molecule has 2 N–H and O–H groups in total. The lowest BCUT2D eigenvalue weighted by molar-refractivity contribution is -0.118. The van der Waals surface area contributed by atoms with E-state index in [0.717, 1.165) is 22.4 Å². The van der Waals surface area contributed by atoms with E-state index >= 15 is 0 Å². The molecule has 1 aromatic heterocycles. The third-order valence-corrected chi connectivity index (χ3v) is 5.79. The van der Waals surface area contributed by atoms with E-state index in [-0.39, 0.29) is 5.91 Å². The second-order valence-corrected chi connectivity index (χ2v) is 9.13. The summed E-state index contributed by atoms with van der Waals surface area (Å²) in [6.45, 7) is 10.2. The SMILES string of the molecule is CC(C)CNc1nnc(SCC(=O)NCCc2ccc(C(C)C)cc2)s1. The minimum absolute atomic E-state index is 0.0284. The van der Waals surface area contributed by atoms with Crippen LogP contribution in [0.25, 0.3) is 0 Å². The maximum Gasteiger partial charge on any atom is 0.230 e. The van der Waals surface area contributed by atoms with Gasteiger partial charge in [-0.05, 0) is 29.4 Å².